The number of rotatable bonds is 9. The lowest BCUT2D eigenvalue weighted by atomic mass is 10.1. The fraction of sp³-hybridized carbons (Fsp3) is 0.458. The first-order valence-corrected chi connectivity index (χ1v) is 11.0. The number of H-pyrrole nitrogens is 1. The van der Waals surface area contributed by atoms with Crippen LogP contribution in [0.15, 0.2) is 42.5 Å². The number of imidazole rings is 1. The van der Waals surface area contributed by atoms with Gasteiger partial charge in [0.15, 0.2) is 0 Å². The highest BCUT2D eigenvalue weighted by Crippen LogP contribution is 2.21. The molecule has 1 unspecified atom stereocenters. The molecule has 1 saturated heterocycles. The van der Waals surface area contributed by atoms with E-state index in [2.05, 4.69) is 19.8 Å². The molecule has 6 nitrogen and oxygen atoms in total. The topological polar surface area (TPSA) is 64.6 Å². The van der Waals surface area contributed by atoms with E-state index in [1.54, 1.807) is 6.07 Å². The number of aromatic amines is 1. The average Bonchev–Trinajstić information content (AvgIpc) is 3.15. The molecular weight excluding hydrogens is 395 g/mol. The Morgan fingerprint density at radius 2 is 1.97 bits per heavy atom. The summed E-state index contributed by atoms with van der Waals surface area (Å²) >= 11 is 0. The first-order chi connectivity index (χ1) is 15.1. The summed E-state index contributed by atoms with van der Waals surface area (Å²) in [5.74, 6) is 1.31. The number of β-amino-alcohol motifs (C(OH)–C–C–N with tert-alkyl or cyclic N) is 1. The average molecular weight is 427 g/mol. The van der Waals surface area contributed by atoms with Crippen molar-refractivity contribution in [3.05, 3.63) is 59.7 Å². The van der Waals surface area contributed by atoms with Gasteiger partial charge >= 0.3 is 0 Å². The maximum atomic E-state index is 13.4. The van der Waals surface area contributed by atoms with Gasteiger partial charge in [-0.3, -0.25) is 4.90 Å². The van der Waals surface area contributed by atoms with Crippen LogP contribution in [0.5, 0.6) is 5.75 Å². The molecule has 1 aromatic heterocycles. The van der Waals surface area contributed by atoms with Crippen LogP contribution in [-0.4, -0.2) is 64.3 Å². The predicted molar refractivity (Wildman–Crippen MR) is 119 cm³/mol. The van der Waals surface area contributed by atoms with E-state index in [1.807, 2.05) is 31.3 Å². The number of aromatic nitrogens is 2. The molecule has 1 aliphatic heterocycles. The molecular formula is C24H31FN4O2. The molecule has 3 aromatic rings. The molecule has 0 amide bonds. The van der Waals surface area contributed by atoms with E-state index < -0.39 is 6.10 Å². The van der Waals surface area contributed by atoms with Crippen molar-refractivity contribution in [1.29, 1.82) is 0 Å². The third-order valence-corrected chi connectivity index (χ3v) is 5.67. The Labute approximate surface area is 182 Å². The highest BCUT2D eigenvalue weighted by molar-refractivity contribution is 5.74. The molecule has 7 heteroatoms. The largest absolute Gasteiger partial charge is 0.491 e. The zero-order chi connectivity index (χ0) is 21.6. The lowest BCUT2D eigenvalue weighted by Crippen LogP contribution is -2.38. The summed E-state index contributed by atoms with van der Waals surface area (Å²) in [7, 11) is 2.01. The summed E-state index contributed by atoms with van der Waals surface area (Å²) in [6, 6.07) is 12.5. The number of likely N-dealkylation sites (tertiary alicyclic amines) is 1. The molecule has 1 aliphatic rings. The van der Waals surface area contributed by atoms with Gasteiger partial charge in [0.05, 0.1) is 17.6 Å². The summed E-state index contributed by atoms with van der Waals surface area (Å²) in [4.78, 5) is 12.2. The van der Waals surface area contributed by atoms with Gasteiger partial charge in [-0.05, 0) is 57.2 Å². The van der Waals surface area contributed by atoms with Crippen LogP contribution in [0.1, 0.15) is 30.7 Å². The number of benzene rings is 2. The predicted octanol–water partition coefficient (Wildman–Crippen LogP) is 3.56. The second kappa shape index (κ2) is 10.2. The van der Waals surface area contributed by atoms with Gasteiger partial charge in [-0.1, -0.05) is 24.6 Å². The fourth-order valence-electron chi connectivity index (χ4n) is 4.17. The Kier molecular flexibility index (Phi) is 7.17. The van der Waals surface area contributed by atoms with Crippen molar-refractivity contribution in [3.8, 4) is 5.75 Å². The molecule has 31 heavy (non-hydrogen) atoms. The molecule has 166 valence electrons. The van der Waals surface area contributed by atoms with Crippen LogP contribution in [0, 0.1) is 5.82 Å². The quantitative estimate of drug-likeness (QED) is 0.548. The van der Waals surface area contributed by atoms with Crippen molar-refractivity contribution in [3.63, 3.8) is 0 Å². The van der Waals surface area contributed by atoms with E-state index in [4.69, 9.17) is 4.74 Å². The third-order valence-electron chi connectivity index (χ3n) is 5.67. The zero-order valence-electron chi connectivity index (χ0n) is 18.1. The Morgan fingerprint density at radius 3 is 2.81 bits per heavy atom. The van der Waals surface area contributed by atoms with Crippen molar-refractivity contribution in [2.75, 3.05) is 33.3 Å². The minimum absolute atomic E-state index is 0.274. The number of hydrogen-bond donors (Lipinski definition) is 2. The molecule has 2 N–H and O–H groups in total. The number of halogens is 1. The van der Waals surface area contributed by atoms with Crippen LogP contribution < -0.4 is 4.74 Å². The number of para-hydroxylation sites is 1. The SMILES string of the molecule is CN(Cc1nc2ccc(F)cc2[nH]1)Cc1ccccc1OCC(O)CN1CCCCC1. The van der Waals surface area contributed by atoms with E-state index in [0.717, 1.165) is 35.7 Å². The van der Waals surface area contributed by atoms with Gasteiger partial charge in [-0.2, -0.15) is 0 Å². The molecule has 0 radical (unpaired) electrons. The Balaban J connectivity index is 1.32. The van der Waals surface area contributed by atoms with Crippen molar-refractivity contribution in [1.82, 2.24) is 19.8 Å². The van der Waals surface area contributed by atoms with E-state index in [1.165, 1.54) is 31.4 Å². The van der Waals surface area contributed by atoms with Gasteiger partial charge in [-0.25, -0.2) is 9.37 Å². The van der Waals surface area contributed by atoms with Crippen LogP contribution in [-0.2, 0) is 13.1 Å². The molecule has 2 heterocycles. The molecule has 0 spiro atoms. The van der Waals surface area contributed by atoms with Crippen molar-refractivity contribution < 1.29 is 14.2 Å². The maximum Gasteiger partial charge on any atom is 0.125 e. The Hall–Kier alpha value is -2.48. The minimum Gasteiger partial charge on any atom is -0.491 e. The van der Waals surface area contributed by atoms with Crippen molar-refractivity contribution >= 4 is 11.0 Å². The van der Waals surface area contributed by atoms with Gasteiger partial charge in [-0.15, -0.1) is 0 Å². The van der Waals surface area contributed by atoms with Gasteiger partial charge < -0.3 is 19.7 Å². The van der Waals surface area contributed by atoms with Crippen molar-refractivity contribution in [2.45, 2.75) is 38.5 Å². The first-order valence-electron chi connectivity index (χ1n) is 11.0. The lowest BCUT2D eigenvalue weighted by Gasteiger charge is -2.28. The van der Waals surface area contributed by atoms with Crippen LogP contribution >= 0.6 is 0 Å². The number of aliphatic hydroxyl groups excluding tert-OH is 1. The van der Waals surface area contributed by atoms with E-state index in [9.17, 15) is 9.50 Å². The number of nitrogens with one attached hydrogen (secondary N) is 1. The molecule has 0 saturated carbocycles. The number of ether oxygens (including phenoxy) is 1. The molecule has 0 aliphatic carbocycles. The smallest absolute Gasteiger partial charge is 0.125 e. The van der Waals surface area contributed by atoms with Gasteiger partial charge in [0.1, 0.15) is 30.1 Å². The summed E-state index contributed by atoms with van der Waals surface area (Å²) < 4.78 is 19.4. The summed E-state index contributed by atoms with van der Waals surface area (Å²) in [6.45, 7) is 4.34. The van der Waals surface area contributed by atoms with Crippen LogP contribution in [0.3, 0.4) is 0 Å². The number of aliphatic hydroxyl groups is 1. The standard InChI is InChI=1S/C24H31FN4O2/c1-28(16-24-26-21-10-9-19(25)13-22(21)27-24)14-18-7-3-4-8-23(18)31-17-20(30)15-29-11-5-2-6-12-29/h3-4,7-10,13,20,30H,2,5-6,11-12,14-17H2,1H3,(H,26,27). The molecule has 1 fully saturated rings. The van der Waals surface area contributed by atoms with Gasteiger partial charge in [0.25, 0.3) is 0 Å². The maximum absolute atomic E-state index is 13.4. The second-order valence-corrected chi connectivity index (χ2v) is 8.45. The van der Waals surface area contributed by atoms with E-state index in [0.29, 0.717) is 25.2 Å². The monoisotopic (exact) mass is 426 g/mol. The Bertz CT molecular complexity index is 987. The highest BCUT2D eigenvalue weighted by Gasteiger charge is 2.16. The minimum atomic E-state index is -0.500. The zero-order valence-corrected chi connectivity index (χ0v) is 18.1. The van der Waals surface area contributed by atoms with E-state index >= 15 is 0 Å². The number of nitrogens with zero attached hydrogens (tertiary/aromatic N) is 3. The normalized spacial score (nSPS) is 16.1. The van der Waals surface area contributed by atoms with Crippen molar-refractivity contribution in [2.24, 2.45) is 0 Å². The first kappa shape index (κ1) is 21.7. The molecule has 0 bridgehead atoms. The van der Waals surface area contributed by atoms with Gasteiger partial charge in [0, 0.05) is 18.7 Å². The highest BCUT2D eigenvalue weighted by atomic mass is 19.1. The second-order valence-electron chi connectivity index (χ2n) is 8.45. The summed E-state index contributed by atoms with van der Waals surface area (Å²) in [5, 5.41) is 10.4. The van der Waals surface area contributed by atoms with Crippen LogP contribution in [0.4, 0.5) is 4.39 Å². The number of hydrogen-bond acceptors (Lipinski definition) is 5. The Morgan fingerprint density at radius 1 is 1.16 bits per heavy atom. The number of fused-ring (bicyclic) bond motifs is 1. The molecule has 1 atom stereocenters. The van der Waals surface area contributed by atoms with Gasteiger partial charge in [0.2, 0.25) is 0 Å². The lowest BCUT2D eigenvalue weighted by molar-refractivity contribution is 0.0612. The molecule has 2 aromatic carbocycles. The fourth-order valence-corrected chi connectivity index (χ4v) is 4.17. The van der Waals surface area contributed by atoms with Crippen LogP contribution in [0.25, 0.3) is 11.0 Å². The molecule has 4 rings (SSSR count). The van der Waals surface area contributed by atoms with E-state index in [-0.39, 0.29) is 12.4 Å². The van der Waals surface area contributed by atoms with Crippen LogP contribution in [0.2, 0.25) is 0 Å². The third kappa shape index (κ3) is 6.03. The summed E-state index contributed by atoms with van der Waals surface area (Å²) in [5.41, 5.74) is 2.52. The number of piperidine rings is 1. The summed E-state index contributed by atoms with van der Waals surface area (Å²) in [6.07, 6.45) is 3.21.